The highest BCUT2D eigenvalue weighted by atomic mass is 35.5. The number of halogens is 2. The van der Waals surface area contributed by atoms with E-state index in [4.69, 9.17) is 23.2 Å². The predicted molar refractivity (Wildman–Crippen MR) is 104 cm³/mol. The first kappa shape index (κ1) is 18.5. The summed E-state index contributed by atoms with van der Waals surface area (Å²) in [5.74, 6) is -1.08. The predicted octanol–water partition coefficient (Wildman–Crippen LogP) is 2.96. The van der Waals surface area contributed by atoms with Gasteiger partial charge < -0.3 is 15.1 Å². The normalized spacial score (nSPS) is 14.2. The highest BCUT2D eigenvalue weighted by molar-refractivity contribution is 6.35. The van der Waals surface area contributed by atoms with Crippen LogP contribution in [0.3, 0.4) is 0 Å². The fraction of sp³-hybridized carbons (Fsp3) is 0.263. The molecule has 2 aromatic carbocycles. The minimum atomic E-state index is -0.587. The number of rotatable bonds is 3. The van der Waals surface area contributed by atoms with E-state index in [-0.39, 0.29) is 0 Å². The number of carbonyl (C=O) groups excluding carboxylic acids is 2. The first-order chi connectivity index (χ1) is 12.5. The quantitative estimate of drug-likeness (QED) is 0.818. The topological polar surface area (TPSA) is 52.7 Å². The second-order valence-corrected chi connectivity index (χ2v) is 6.94. The van der Waals surface area contributed by atoms with Gasteiger partial charge in [0.2, 0.25) is 0 Å². The second kappa shape index (κ2) is 8.43. The number of piperazine rings is 1. The van der Waals surface area contributed by atoms with Gasteiger partial charge >= 0.3 is 11.8 Å². The van der Waals surface area contributed by atoms with E-state index in [1.165, 1.54) is 0 Å². The maximum atomic E-state index is 12.3. The van der Waals surface area contributed by atoms with Crippen LogP contribution >= 0.6 is 23.2 Å². The molecule has 5 nitrogen and oxygen atoms in total. The molecule has 1 aliphatic rings. The Bertz CT molecular complexity index is 788. The van der Waals surface area contributed by atoms with E-state index in [2.05, 4.69) is 10.2 Å². The molecule has 1 N–H and O–H groups in total. The molecule has 0 unspecified atom stereocenters. The van der Waals surface area contributed by atoms with Crippen LogP contribution in [0.15, 0.2) is 48.5 Å². The summed E-state index contributed by atoms with van der Waals surface area (Å²) < 4.78 is 0. The summed E-state index contributed by atoms with van der Waals surface area (Å²) >= 11 is 11.9. The summed E-state index contributed by atoms with van der Waals surface area (Å²) in [4.78, 5) is 28.2. The molecule has 0 atom stereocenters. The number of carbonyl (C=O) groups is 2. The van der Waals surface area contributed by atoms with Crippen LogP contribution < -0.4 is 10.2 Å². The standard InChI is InChI=1S/C19H19Cl2N3O2/c20-15-6-4-14(5-7-15)13-22-18(25)19(26)24-10-8-23(9-11-24)17-3-1-2-16(21)12-17/h1-7,12H,8-11,13H2,(H,22,25). The fourth-order valence-corrected chi connectivity index (χ4v) is 3.15. The van der Waals surface area contributed by atoms with E-state index >= 15 is 0 Å². The summed E-state index contributed by atoms with van der Waals surface area (Å²) in [7, 11) is 0. The smallest absolute Gasteiger partial charge is 0.312 e. The number of amides is 2. The van der Waals surface area contributed by atoms with Gasteiger partial charge in [-0.3, -0.25) is 9.59 Å². The third-order valence-corrected chi connectivity index (χ3v) is 4.79. The van der Waals surface area contributed by atoms with Gasteiger partial charge in [-0.2, -0.15) is 0 Å². The molecule has 7 heteroatoms. The van der Waals surface area contributed by atoms with Crippen molar-refractivity contribution < 1.29 is 9.59 Å². The monoisotopic (exact) mass is 391 g/mol. The van der Waals surface area contributed by atoms with Crippen molar-refractivity contribution in [3.8, 4) is 0 Å². The van der Waals surface area contributed by atoms with Gasteiger partial charge in [0.15, 0.2) is 0 Å². The molecule has 2 aromatic rings. The number of nitrogens with one attached hydrogen (secondary N) is 1. The third-order valence-electron chi connectivity index (χ3n) is 4.30. The maximum Gasteiger partial charge on any atom is 0.312 e. The average molecular weight is 392 g/mol. The largest absolute Gasteiger partial charge is 0.368 e. The molecule has 3 rings (SSSR count). The zero-order chi connectivity index (χ0) is 18.5. The van der Waals surface area contributed by atoms with E-state index in [1.54, 1.807) is 17.0 Å². The number of anilines is 1. The summed E-state index contributed by atoms with van der Waals surface area (Å²) in [6.07, 6.45) is 0. The Morgan fingerprint density at radius 2 is 1.62 bits per heavy atom. The van der Waals surface area contributed by atoms with Crippen molar-refractivity contribution in [3.63, 3.8) is 0 Å². The van der Waals surface area contributed by atoms with Gasteiger partial charge in [-0.15, -0.1) is 0 Å². The van der Waals surface area contributed by atoms with Crippen molar-refractivity contribution in [1.29, 1.82) is 0 Å². The lowest BCUT2D eigenvalue weighted by Gasteiger charge is -2.35. The molecule has 0 saturated carbocycles. The van der Waals surface area contributed by atoms with E-state index in [0.717, 1.165) is 11.3 Å². The zero-order valence-electron chi connectivity index (χ0n) is 14.1. The lowest BCUT2D eigenvalue weighted by Crippen LogP contribution is -2.52. The fourth-order valence-electron chi connectivity index (χ4n) is 2.84. The van der Waals surface area contributed by atoms with Crippen LogP contribution in [0, 0.1) is 0 Å². The van der Waals surface area contributed by atoms with Crippen molar-refractivity contribution in [2.45, 2.75) is 6.54 Å². The Hall–Kier alpha value is -2.24. The Morgan fingerprint density at radius 3 is 2.27 bits per heavy atom. The van der Waals surface area contributed by atoms with Crippen LogP contribution in [-0.2, 0) is 16.1 Å². The highest BCUT2D eigenvalue weighted by Gasteiger charge is 2.26. The Balaban J connectivity index is 1.49. The molecule has 0 aliphatic carbocycles. The molecule has 1 heterocycles. The Kier molecular flexibility index (Phi) is 6.01. The molecule has 0 bridgehead atoms. The molecule has 1 saturated heterocycles. The van der Waals surface area contributed by atoms with Crippen molar-refractivity contribution in [1.82, 2.24) is 10.2 Å². The molecule has 1 fully saturated rings. The number of hydrogen-bond donors (Lipinski definition) is 1. The van der Waals surface area contributed by atoms with Crippen LogP contribution in [-0.4, -0.2) is 42.9 Å². The van der Waals surface area contributed by atoms with Crippen LogP contribution in [0.5, 0.6) is 0 Å². The van der Waals surface area contributed by atoms with Crippen LogP contribution in [0.2, 0.25) is 10.0 Å². The van der Waals surface area contributed by atoms with Gasteiger partial charge in [0.25, 0.3) is 0 Å². The number of nitrogens with zero attached hydrogens (tertiary/aromatic N) is 2. The first-order valence-corrected chi connectivity index (χ1v) is 9.10. The van der Waals surface area contributed by atoms with E-state index in [9.17, 15) is 9.59 Å². The minimum Gasteiger partial charge on any atom is -0.368 e. The van der Waals surface area contributed by atoms with Crippen LogP contribution in [0.1, 0.15) is 5.56 Å². The molecular weight excluding hydrogens is 373 g/mol. The van der Waals surface area contributed by atoms with Crippen LogP contribution in [0.4, 0.5) is 5.69 Å². The van der Waals surface area contributed by atoms with E-state index < -0.39 is 11.8 Å². The van der Waals surface area contributed by atoms with E-state index in [0.29, 0.717) is 42.8 Å². The van der Waals surface area contributed by atoms with Crippen LogP contribution in [0.25, 0.3) is 0 Å². The van der Waals surface area contributed by atoms with E-state index in [1.807, 2.05) is 36.4 Å². The highest BCUT2D eigenvalue weighted by Crippen LogP contribution is 2.20. The second-order valence-electron chi connectivity index (χ2n) is 6.07. The molecule has 136 valence electrons. The Labute approximate surface area is 162 Å². The zero-order valence-corrected chi connectivity index (χ0v) is 15.6. The molecule has 2 amide bonds. The molecule has 26 heavy (non-hydrogen) atoms. The lowest BCUT2D eigenvalue weighted by atomic mass is 10.2. The van der Waals surface area contributed by atoms with Crippen molar-refractivity contribution in [2.24, 2.45) is 0 Å². The minimum absolute atomic E-state index is 0.296. The maximum absolute atomic E-state index is 12.3. The summed E-state index contributed by atoms with van der Waals surface area (Å²) in [5.41, 5.74) is 1.91. The Morgan fingerprint density at radius 1 is 0.923 bits per heavy atom. The van der Waals surface area contributed by atoms with Gasteiger partial charge in [-0.05, 0) is 35.9 Å². The SMILES string of the molecule is O=C(NCc1ccc(Cl)cc1)C(=O)N1CCN(c2cccc(Cl)c2)CC1. The summed E-state index contributed by atoms with van der Waals surface area (Å²) in [6.45, 7) is 2.62. The molecule has 0 spiro atoms. The lowest BCUT2D eigenvalue weighted by molar-refractivity contribution is -0.146. The summed E-state index contributed by atoms with van der Waals surface area (Å²) in [5, 5.41) is 3.98. The summed E-state index contributed by atoms with van der Waals surface area (Å²) in [6, 6.07) is 14.8. The van der Waals surface area contributed by atoms with Gasteiger partial charge in [-0.25, -0.2) is 0 Å². The molecule has 0 aromatic heterocycles. The van der Waals surface area contributed by atoms with Crippen molar-refractivity contribution >= 4 is 40.7 Å². The molecule has 1 aliphatic heterocycles. The molecule has 0 radical (unpaired) electrons. The van der Waals surface area contributed by atoms with Crippen molar-refractivity contribution in [2.75, 3.05) is 31.1 Å². The van der Waals surface area contributed by atoms with Gasteiger partial charge in [0.05, 0.1) is 0 Å². The first-order valence-electron chi connectivity index (χ1n) is 8.35. The van der Waals surface area contributed by atoms with Gasteiger partial charge in [-0.1, -0.05) is 41.4 Å². The average Bonchev–Trinajstić information content (AvgIpc) is 2.67. The van der Waals surface area contributed by atoms with Crippen molar-refractivity contribution in [3.05, 3.63) is 64.1 Å². The number of hydrogen-bond acceptors (Lipinski definition) is 3. The number of benzene rings is 2. The van der Waals surface area contributed by atoms with Gasteiger partial charge in [0.1, 0.15) is 0 Å². The van der Waals surface area contributed by atoms with Gasteiger partial charge in [0, 0.05) is 48.5 Å². The molecular formula is C19H19Cl2N3O2. The third kappa shape index (κ3) is 4.68.